The van der Waals surface area contributed by atoms with Gasteiger partial charge in [0, 0.05) is 43.9 Å². The average molecular weight is 446 g/mol. The second-order valence-corrected chi connectivity index (χ2v) is 8.33. The van der Waals surface area contributed by atoms with Gasteiger partial charge in [-0.05, 0) is 19.2 Å². The molecule has 7 heteroatoms. The monoisotopic (exact) mass is 445 g/mol. The molecule has 1 aliphatic heterocycles. The van der Waals surface area contributed by atoms with Crippen LogP contribution >= 0.6 is 11.8 Å². The second-order valence-electron chi connectivity index (χ2n) is 7.54. The average Bonchev–Trinajstić information content (AvgIpc) is 2.85. The largest absolute Gasteiger partial charge is 0.494 e. The Labute approximate surface area is 193 Å². The molecule has 4 rings (SSSR count). The maximum atomic E-state index is 9.86. The number of nitriles is 1. The molecule has 1 saturated heterocycles. The van der Waals surface area contributed by atoms with Gasteiger partial charge in [0.15, 0.2) is 11.6 Å². The van der Waals surface area contributed by atoms with E-state index in [1.54, 1.807) is 0 Å². The number of nitrogens with zero attached hydrogens (tertiary/aromatic N) is 5. The van der Waals surface area contributed by atoms with Gasteiger partial charge in [0.1, 0.15) is 22.4 Å². The van der Waals surface area contributed by atoms with Crippen LogP contribution in [0, 0.1) is 11.3 Å². The third-order valence-corrected chi connectivity index (χ3v) is 6.21. The fraction of sp³-hybridized carbons (Fsp3) is 0.320. The smallest absolute Gasteiger partial charge is 0.162 e. The minimum atomic E-state index is 0.562. The summed E-state index contributed by atoms with van der Waals surface area (Å²) in [6.07, 6.45) is 1.95. The van der Waals surface area contributed by atoms with Crippen LogP contribution in [0.25, 0.3) is 11.4 Å². The molecule has 1 aromatic heterocycles. The van der Waals surface area contributed by atoms with Crippen LogP contribution in [0.4, 0.5) is 5.82 Å². The predicted molar refractivity (Wildman–Crippen MR) is 129 cm³/mol. The van der Waals surface area contributed by atoms with Crippen LogP contribution < -0.4 is 9.64 Å². The lowest BCUT2D eigenvalue weighted by Gasteiger charge is -2.36. The lowest BCUT2D eigenvalue weighted by molar-refractivity contribution is 0.243. The highest BCUT2D eigenvalue weighted by atomic mass is 32.2. The van der Waals surface area contributed by atoms with E-state index in [4.69, 9.17) is 9.72 Å². The van der Waals surface area contributed by atoms with Gasteiger partial charge < -0.3 is 9.64 Å². The second kappa shape index (κ2) is 10.5. The van der Waals surface area contributed by atoms with Crippen molar-refractivity contribution in [2.75, 3.05) is 43.9 Å². The van der Waals surface area contributed by atoms with E-state index in [1.807, 2.05) is 55.6 Å². The van der Waals surface area contributed by atoms with Crippen LogP contribution in [0.2, 0.25) is 0 Å². The molecule has 0 radical (unpaired) electrons. The van der Waals surface area contributed by atoms with Crippen molar-refractivity contribution < 1.29 is 4.74 Å². The van der Waals surface area contributed by atoms with E-state index in [2.05, 4.69) is 33.0 Å². The van der Waals surface area contributed by atoms with Gasteiger partial charge in [-0.15, -0.1) is 11.8 Å². The van der Waals surface area contributed by atoms with Crippen LogP contribution in [0.5, 0.6) is 5.75 Å². The summed E-state index contributed by atoms with van der Waals surface area (Å²) >= 11 is 1.49. The van der Waals surface area contributed by atoms with Crippen molar-refractivity contribution >= 4 is 17.6 Å². The van der Waals surface area contributed by atoms with E-state index < -0.39 is 0 Å². The zero-order chi connectivity index (χ0) is 22.3. The van der Waals surface area contributed by atoms with Gasteiger partial charge in [-0.2, -0.15) is 5.26 Å². The van der Waals surface area contributed by atoms with Crippen LogP contribution in [0.1, 0.15) is 18.1 Å². The summed E-state index contributed by atoms with van der Waals surface area (Å²) in [5.74, 6) is 2.36. The fourth-order valence-electron chi connectivity index (χ4n) is 3.91. The molecule has 0 atom stereocenters. The third kappa shape index (κ3) is 4.87. The quantitative estimate of drug-likeness (QED) is 0.393. The highest BCUT2D eigenvalue weighted by Gasteiger charge is 2.24. The maximum absolute atomic E-state index is 9.86. The summed E-state index contributed by atoms with van der Waals surface area (Å²) in [4.78, 5) is 14.1. The number of thioether (sulfide) groups is 1. The molecule has 6 nitrogen and oxygen atoms in total. The summed E-state index contributed by atoms with van der Waals surface area (Å²) in [5.41, 5.74) is 2.73. The highest BCUT2D eigenvalue weighted by Crippen LogP contribution is 2.30. The predicted octanol–water partition coefficient (Wildman–Crippen LogP) is 4.46. The summed E-state index contributed by atoms with van der Waals surface area (Å²) in [6, 6.07) is 20.5. The first kappa shape index (κ1) is 22.1. The number of rotatable bonds is 7. The minimum Gasteiger partial charge on any atom is -0.494 e. The molecular formula is C25H27N5OS. The molecule has 32 heavy (non-hydrogen) atoms. The number of para-hydroxylation sites is 1. The van der Waals surface area contributed by atoms with Gasteiger partial charge in [0.2, 0.25) is 0 Å². The maximum Gasteiger partial charge on any atom is 0.162 e. The number of hydrogen-bond donors (Lipinski definition) is 0. The Morgan fingerprint density at radius 3 is 2.41 bits per heavy atom. The molecular weight excluding hydrogens is 418 g/mol. The molecule has 1 aliphatic rings. The van der Waals surface area contributed by atoms with Crippen molar-refractivity contribution in [3.63, 3.8) is 0 Å². The van der Waals surface area contributed by atoms with E-state index in [1.165, 1.54) is 17.3 Å². The van der Waals surface area contributed by atoms with E-state index in [-0.39, 0.29) is 0 Å². The van der Waals surface area contributed by atoms with Crippen LogP contribution in [-0.4, -0.2) is 53.9 Å². The molecule has 2 heterocycles. The van der Waals surface area contributed by atoms with Crippen molar-refractivity contribution in [2.45, 2.75) is 18.5 Å². The Hall–Kier alpha value is -3.08. The Kier molecular flexibility index (Phi) is 7.25. The first-order valence-electron chi connectivity index (χ1n) is 10.8. The van der Waals surface area contributed by atoms with Crippen molar-refractivity contribution in [1.82, 2.24) is 14.9 Å². The normalized spacial score (nSPS) is 14.2. The van der Waals surface area contributed by atoms with Gasteiger partial charge in [0.25, 0.3) is 0 Å². The molecule has 0 saturated carbocycles. The Morgan fingerprint density at radius 1 is 1.00 bits per heavy atom. The van der Waals surface area contributed by atoms with Gasteiger partial charge in [-0.1, -0.05) is 48.5 Å². The first-order chi connectivity index (χ1) is 15.7. The summed E-state index contributed by atoms with van der Waals surface area (Å²) < 4.78 is 5.79. The Morgan fingerprint density at radius 2 is 1.72 bits per heavy atom. The molecule has 1 fully saturated rings. The van der Waals surface area contributed by atoms with Crippen molar-refractivity contribution in [1.29, 1.82) is 5.26 Å². The lowest BCUT2D eigenvalue weighted by Crippen LogP contribution is -2.46. The van der Waals surface area contributed by atoms with E-state index >= 15 is 0 Å². The first-order valence-corrected chi connectivity index (χ1v) is 12.1. The molecule has 3 aromatic rings. The van der Waals surface area contributed by atoms with E-state index in [9.17, 15) is 5.26 Å². The zero-order valence-electron chi connectivity index (χ0n) is 18.5. The van der Waals surface area contributed by atoms with Gasteiger partial charge >= 0.3 is 0 Å². The molecule has 2 aromatic carbocycles. The van der Waals surface area contributed by atoms with Gasteiger partial charge in [0.05, 0.1) is 6.61 Å². The molecule has 164 valence electrons. The lowest BCUT2D eigenvalue weighted by atomic mass is 10.1. The Balaban J connectivity index is 1.54. The fourth-order valence-corrected chi connectivity index (χ4v) is 4.43. The molecule has 0 spiro atoms. The Bertz CT molecular complexity index is 1090. The van der Waals surface area contributed by atoms with Crippen LogP contribution in [-0.2, 0) is 6.54 Å². The topological polar surface area (TPSA) is 65.3 Å². The number of ether oxygens (including phenoxy) is 1. The third-order valence-electron chi connectivity index (χ3n) is 5.53. The molecule has 0 N–H and O–H groups in total. The number of hydrogen-bond acceptors (Lipinski definition) is 7. The number of benzene rings is 2. The van der Waals surface area contributed by atoms with Crippen LogP contribution in [0.15, 0.2) is 59.6 Å². The molecule has 0 amide bonds. The van der Waals surface area contributed by atoms with Crippen molar-refractivity contribution in [2.24, 2.45) is 0 Å². The summed E-state index contributed by atoms with van der Waals surface area (Å²) in [5, 5.41) is 10.6. The number of anilines is 1. The zero-order valence-corrected chi connectivity index (χ0v) is 19.3. The van der Waals surface area contributed by atoms with Gasteiger partial charge in [-0.25, -0.2) is 9.97 Å². The SMILES string of the molecule is CCOc1ccccc1CN1CCN(c2nc(-c3ccccc3)nc(SC)c2C#N)CC1. The van der Waals surface area contributed by atoms with E-state index in [0.29, 0.717) is 18.0 Å². The molecule has 0 aliphatic carbocycles. The highest BCUT2D eigenvalue weighted by molar-refractivity contribution is 7.98. The van der Waals surface area contributed by atoms with E-state index in [0.717, 1.165) is 54.9 Å². The molecule has 0 unspecified atom stereocenters. The molecule has 0 bridgehead atoms. The summed E-state index contributed by atoms with van der Waals surface area (Å²) in [6.45, 7) is 6.93. The van der Waals surface area contributed by atoms with Crippen molar-refractivity contribution in [3.8, 4) is 23.2 Å². The number of piperazine rings is 1. The summed E-state index contributed by atoms with van der Waals surface area (Å²) in [7, 11) is 0. The minimum absolute atomic E-state index is 0.562. The van der Waals surface area contributed by atoms with Gasteiger partial charge in [-0.3, -0.25) is 4.90 Å². The van der Waals surface area contributed by atoms with Crippen molar-refractivity contribution in [3.05, 3.63) is 65.7 Å². The number of aromatic nitrogens is 2. The standard InChI is InChI=1S/C25H27N5OS/c1-3-31-22-12-8-7-11-20(22)18-29-13-15-30(16-14-29)24-21(17-26)25(32-2)28-23(27-24)19-9-5-4-6-10-19/h4-12H,3,13-16,18H2,1-2H3. The van der Waals surface area contributed by atoms with Crippen LogP contribution in [0.3, 0.4) is 0 Å².